The van der Waals surface area contributed by atoms with E-state index >= 15 is 0 Å². The van der Waals surface area contributed by atoms with Gasteiger partial charge in [0, 0.05) is 17.9 Å². The van der Waals surface area contributed by atoms with Gasteiger partial charge in [-0.2, -0.15) is 0 Å². The second kappa shape index (κ2) is 7.99. The predicted octanol–water partition coefficient (Wildman–Crippen LogP) is 4.81. The first-order valence-corrected chi connectivity index (χ1v) is 9.03. The first-order valence-electron chi connectivity index (χ1n) is 9.03. The van der Waals surface area contributed by atoms with Gasteiger partial charge in [-0.05, 0) is 56.5 Å². The van der Waals surface area contributed by atoms with E-state index in [1.54, 1.807) is 11.1 Å². The number of hydrogen-bond donors (Lipinski definition) is 1. The molecule has 1 aromatic heterocycles. The summed E-state index contributed by atoms with van der Waals surface area (Å²) >= 11 is 0. The molecular weight excluding hydrogens is 336 g/mol. The fourth-order valence-corrected chi connectivity index (χ4v) is 3.02. The monoisotopic (exact) mass is 360 g/mol. The van der Waals surface area contributed by atoms with Crippen molar-refractivity contribution in [3.05, 3.63) is 77.2 Å². The average Bonchev–Trinajstić information content (AvgIpc) is 2.66. The summed E-state index contributed by atoms with van der Waals surface area (Å²) in [6, 6.07) is 14.0. The maximum absolute atomic E-state index is 12.9. The Kier molecular flexibility index (Phi) is 5.50. The lowest BCUT2D eigenvalue weighted by Crippen LogP contribution is -2.31. The van der Waals surface area contributed by atoms with Crippen molar-refractivity contribution in [2.45, 2.75) is 27.7 Å². The van der Waals surface area contributed by atoms with Gasteiger partial charge in [-0.1, -0.05) is 30.3 Å². The fourth-order valence-electron chi connectivity index (χ4n) is 3.02. The first-order chi connectivity index (χ1) is 13.0. The number of para-hydroxylation sites is 1. The van der Waals surface area contributed by atoms with E-state index in [1.807, 2.05) is 70.2 Å². The Morgan fingerprint density at radius 1 is 1.00 bits per heavy atom. The van der Waals surface area contributed by atoms with E-state index in [0.29, 0.717) is 18.1 Å². The fraction of sp³-hybridized carbons (Fsp3) is 0.227. The van der Waals surface area contributed by atoms with Crippen LogP contribution in [0.5, 0.6) is 0 Å². The zero-order valence-corrected chi connectivity index (χ0v) is 16.2. The number of nitrogens with one attached hydrogen (secondary N) is 1. The lowest BCUT2D eigenvalue weighted by atomic mass is 10.1. The maximum Gasteiger partial charge on any atom is 0.278 e. The molecule has 3 aromatic rings. The molecule has 27 heavy (non-hydrogen) atoms. The quantitative estimate of drug-likeness (QED) is 0.709. The van der Waals surface area contributed by atoms with Crippen LogP contribution in [0.1, 0.15) is 34.1 Å². The van der Waals surface area contributed by atoms with E-state index < -0.39 is 0 Å². The molecule has 1 amide bonds. The van der Waals surface area contributed by atoms with Crippen molar-refractivity contribution in [1.29, 1.82) is 0 Å². The van der Waals surface area contributed by atoms with Crippen LogP contribution < -0.4 is 10.2 Å². The van der Waals surface area contributed by atoms with Crippen molar-refractivity contribution in [3.63, 3.8) is 0 Å². The SMILES string of the molecule is CCN(C(=O)c1cnc(Nc2c(C)cccc2C)cn1)c1cccc(C)c1. The van der Waals surface area contributed by atoms with Gasteiger partial charge in [-0.15, -0.1) is 0 Å². The summed E-state index contributed by atoms with van der Waals surface area (Å²) in [4.78, 5) is 23.3. The van der Waals surface area contributed by atoms with Gasteiger partial charge < -0.3 is 10.2 Å². The summed E-state index contributed by atoms with van der Waals surface area (Å²) in [6.07, 6.45) is 3.12. The van der Waals surface area contributed by atoms with Crippen molar-refractivity contribution in [1.82, 2.24) is 9.97 Å². The normalized spacial score (nSPS) is 10.5. The third-order valence-corrected chi connectivity index (χ3v) is 4.48. The lowest BCUT2D eigenvalue weighted by Gasteiger charge is -2.21. The molecule has 0 fully saturated rings. The third-order valence-electron chi connectivity index (χ3n) is 4.48. The molecule has 5 heteroatoms. The van der Waals surface area contributed by atoms with E-state index in [-0.39, 0.29) is 5.91 Å². The third kappa shape index (κ3) is 4.14. The highest BCUT2D eigenvalue weighted by molar-refractivity contribution is 6.04. The van der Waals surface area contributed by atoms with E-state index in [9.17, 15) is 4.79 Å². The summed E-state index contributed by atoms with van der Waals surface area (Å²) in [5.41, 5.74) is 5.58. The Bertz CT molecular complexity index is 931. The van der Waals surface area contributed by atoms with Gasteiger partial charge in [0.25, 0.3) is 5.91 Å². The smallest absolute Gasteiger partial charge is 0.278 e. The number of anilines is 3. The number of rotatable bonds is 5. The van der Waals surface area contributed by atoms with Crippen molar-refractivity contribution in [3.8, 4) is 0 Å². The molecule has 0 atom stereocenters. The van der Waals surface area contributed by atoms with Crippen LogP contribution in [0.4, 0.5) is 17.2 Å². The topological polar surface area (TPSA) is 58.1 Å². The molecule has 1 heterocycles. The summed E-state index contributed by atoms with van der Waals surface area (Å²) in [6.45, 7) is 8.61. The number of carbonyl (C=O) groups is 1. The molecule has 0 aliphatic heterocycles. The summed E-state index contributed by atoms with van der Waals surface area (Å²) in [7, 11) is 0. The molecule has 0 aliphatic rings. The van der Waals surface area contributed by atoms with E-state index in [0.717, 1.165) is 28.1 Å². The van der Waals surface area contributed by atoms with Gasteiger partial charge in [0.05, 0.1) is 12.4 Å². The van der Waals surface area contributed by atoms with Crippen molar-refractivity contribution < 1.29 is 4.79 Å². The molecule has 0 unspecified atom stereocenters. The predicted molar refractivity (Wildman–Crippen MR) is 110 cm³/mol. The molecule has 0 spiro atoms. The Morgan fingerprint density at radius 2 is 1.70 bits per heavy atom. The molecule has 0 radical (unpaired) electrons. The number of nitrogens with zero attached hydrogens (tertiary/aromatic N) is 3. The summed E-state index contributed by atoms with van der Waals surface area (Å²) < 4.78 is 0. The minimum Gasteiger partial charge on any atom is -0.339 e. The lowest BCUT2D eigenvalue weighted by molar-refractivity contribution is 0.0983. The minimum absolute atomic E-state index is 0.158. The molecule has 0 bridgehead atoms. The Hall–Kier alpha value is -3.21. The zero-order valence-electron chi connectivity index (χ0n) is 16.2. The molecule has 5 nitrogen and oxygen atoms in total. The van der Waals surface area contributed by atoms with Crippen LogP contribution in [0.15, 0.2) is 54.9 Å². The first kappa shape index (κ1) is 18.6. The second-order valence-corrected chi connectivity index (χ2v) is 6.57. The van der Waals surface area contributed by atoms with Gasteiger partial charge in [0.2, 0.25) is 0 Å². The van der Waals surface area contributed by atoms with Crippen LogP contribution in [-0.4, -0.2) is 22.4 Å². The molecule has 0 saturated carbocycles. The maximum atomic E-state index is 12.9. The minimum atomic E-state index is -0.158. The van der Waals surface area contributed by atoms with Crippen LogP contribution in [-0.2, 0) is 0 Å². The van der Waals surface area contributed by atoms with Crippen molar-refractivity contribution in [2.24, 2.45) is 0 Å². The van der Waals surface area contributed by atoms with Crippen LogP contribution in [0.3, 0.4) is 0 Å². The highest BCUT2D eigenvalue weighted by atomic mass is 16.2. The molecule has 1 N–H and O–H groups in total. The number of amides is 1. The molecule has 3 rings (SSSR count). The largest absolute Gasteiger partial charge is 0.339 e. The molecule has 2 aromatic carbocycles. The number of aryl methyl sites for hydroxylation is 3. The Balaban J connectivity index is 1.81. The molecule has 0 aliphatic carbocycles. The Labute approximate surface area is 160 Å². The summed E-state index contributed by atoms with van der Waals surface area (Å²) in [5.74, 6) is 0.455. The second-order valence-electron chi connectivity index (χ2n) is 6.57. The van der Waals surface area contributed by atoms with Crippen LogP contribution in [0.25, 0.3) is 0 Å². The number of benzene rings is 2. The van der Waals surface area contributed by atoms with E-state index in [2.05, 4.69) is 15.3 Å². The standard InChI is InChI=1S/C22H24N4O/c1-5-26(18-11-6-8-15(2)12-18)22(27)19-13-24-20(14-23-19)25-21-16(3)9-7-10-17(21)4/h6-14H,5H2,1-4H3,(H,24,25). The molecule has 138 valence electrons. The molecule has 0 saturated heterocycles. The zero-order chi connectivity index (χ0) is 19.4. The molecular formula is C22H24N4O. The summed E-state index contributed by atoms with van der Waals surface area (Å²) in [5, 5.41) is 3.29. The van der Waals surface area contributed by atoms with Crippen molar-refractivity contribution >= 4 is 23.1 Å². The Morgan fingerprint density at radius 3 is 2.30 bits per heavy atom. The van der Waals surface area contributed by atoms with Gasteiger partial charge in [0.15, 0.2) is 0 Å². The number of aromatic nitrogens is 2. The van der Waals surface area contributed by atoms with Crippen LogP contribution in [0.2, 0.25) is 0 Å². The van der Waals surface area contributed by atoms with Gasteiger partial charge in [-0.3, -0.25) is 4.79 Å². The van der Waals surface area contributed by atoms with Gasteiger partial charge in [-0.25, -0.2) is 9.97 Å². The van der Waals surface area contributed by atoms with Crippen LogP contribution >= 0.6 is 0 Å². The average molecular weight is 360 g/mol. The highest BCUT2D eigenvalue weighted by Gasteiger charge is 2.18. The number of carbonyl (C=O) groups excluding carboxylic acids is 1. The van der Waals surface area contributed by atoms with Gasteiger partial charge in [0.1, 0.15) is 11.5 Å². The van der Waals surface area contributed by atoms with Crippen LogP contribution in [0, 0.1) is 20.8 Å². The van der Waals surface area contributed by atoms with E-state index in [4.69, 9.17) is 0 Å². The highest BCUT2D eigenvalue weighted by Crippen LogP contribution is 2.23. The number of hydrogen-bond acceptors (Lipinski definition) is 4. The van der Waals surface area contributed by atoms with Crippen molar-refractivity contribution in [2.75, 3.05) is 16.8 Å². The van der Waals surface area contributed by atoms with Gasteiger partial charge >= 0.3 is 0 Å². The van der Waals surface area contributed by atoms with E-state index in [1.165, 1.54) is 6.20 Å².